The van der Waals surface area contributed by atoms with Crippen molar-refractivity contribution in [3.8, 4) is 0 Å². The second kappa shape index (κ2) is 6.03. The van der Waals surface area contributed by atoms with Crippen LogP contribution in [0.2, 0.25) is 5.02 Å². The van der Waals surface area contributed by atoms with Crippen molar-refractivity contribution in [2.75, 3.05) is 13.6 Å². The van der Waals surface area contributed by atoms with Crippen molar-refractivity contribution >= 4 is 17.4 Å². The van der Waals surface area contributed by atoms with Crippen LogP contribution in [0.4, 0.5) is 0 Å². The summed E-state index contributed by atoms with van der Waals surface area (Å²) < 4.78 is 0. The van der Waals surface area contributed by atoms with Gasteiger partial charge in [-0.15, -0.1) is 0 Å². The topological polar surface area (TPSA) is 53.1 Å². The van der Waals surface area contributed by atoms with E-state index in [4.69, 9.17) is 22.7 Å². The Kier molecular flexibility index (Phi) is 4.97. The van der Waals surface area contributed by atoms with Crippen molar-refractivity contribution in [3.05, 3.63) is 34.3 Å². The molecule has 0 unspecified atom stereocenters. The van der Waals surface area contributed by atoms with E-state index in [1.54, 1.807) is 6.07 Å². The molecule has 0 fully saturated rings. The van der Waals surface area contributed by atoms with Crippen molar-refractivity contribution in [1.82, 2.24) is 4.90 Å². The highest BCUT2D eigenvalue weighted by Gasteiger charge is 2.07. The predicted molar refractivity (Wildman–Crippen MR) is 73.6 cm³/mol. The molecule has 0 saturated carbocycles. The van der Waals surface area contributed by atoms with Crippen LogP contribution in [-0.4, -0.2) is 24.3 Å². The van der Waals surface area contributed by atoms with Gasteiger partial charge >= 0.3 is 0 Å². The highest BCUT2D eigenvalue weighted by atomic mass is 35.5. The summed E-state index contributed by atoms with van der Waals surface area (Å²) in [5.41, 5.74) is 7.15. The van der Waals surface area contributed by atoms with Gasteiger partial charge in [0.15, 0.2) is 0 Å². The molecule has 0 amide bonds. The summed E-state index contributed by atoms with van der Waals surface area (Å²) in [6.07, 6.45) is 0. The Hall–Kier alpha value is -1.06. The number of rotatable bonds is 5. The van der Waals surface area contributed by atoms with E-state index >= 15 is 0 Å². The fraction of sp³-hybridized carbons (Fsp3) is 0.462. The first kappa shape index (κ1) is 14.0. The quantitative estimate of drug-likeness (QED) is 0.626. The minimum absolute atomic E-state index is 0.0500. The van der Waals surface area contributed by atoms with Gasteiger partial charge in [-0.05, 0) is 24.6 Å². The minimum atomic E-state index is 0.0500. The number of benzene rings is 1. The van der Waals surface area contributed by atoms with Crippen LogP contribution >= 0.6 is 11.6 Å². The third-order valence-electron chi connectivity index (χ3n) is 2.48. The van der Waals surface area contributed by atoms with Gasteiger partial charge in [0, 0.05) is 23.7 Å². The molecular formula is C13H20ClN3. The van der Waals surface area contributed by atoms with Gasteiger partial charge in [-0.25, -0.2) is 0 Å². The van der Waals surface area contributed by atoms with Crippen molar-refractivity contribution in [3.63, 3.8) is 0 Å². The summed E-state index contributed by atoms with van der Waals surface area (Å²) in [5, 5.41) is 8.02. The molecule has 0 aliphatic rings. The second-order valence-electron chi connectivity index (χ2n) is 4.81. The van der Waals surface area contributed by atoms with Gasteiger partial charge in [0.2, 0.25) is 0 Å². The zero-order chi connectivity index (χ0) is 13.0. The van der Waals surface area contributed by atoms with Crippen LogP contribution in [0.1, 0.15) is 25.0 Å². The molecule has 3 N–H and O–H groups in total. The van der Waals surface area contributed by atoms with Crippen LogP contribution in [-0.2, 0) is 6.54 Å². The Balaban J connectivity index is 2.75. The first-order valence-electron chi connectivity index (χ1n) is 5.71. The fourth-order valence-electron chi connectivity index (χ4n) is 1.82. The summed E-state index contributed by atoms with van der Waals surface area (Å²) in [6, 6.07) is 5.53. The summed E-state index contributed by atoms with van der Waals surface area (Å²) in [4.78, 5) is 2.24. The predicted octanol–water partition coefficient (Wildman–Crippen LogP) is 2.71. The molecule has 0 aliphatic carbocycles. The molecule has 0 aliphatic heterocycles. The van der Waals surface area contributed by atoms with Crippen LogP contribution in [0, 0.1) is 11.3 Å². The Morgan fingerprint density at radius 2 is 2.12 bits per heavy atom. The monoisotopic (exact) mass is 253 g/mol. The molecule has 4 heteroatoms. The SMILES string of the molecule is CC(C)CN(C)Cc1ccc(C(=N)N)cc1Cl. The number of nitrogens with zero attached hydrogens (tertiary/aromatic N) is 1. The van der Waals surface area contributed by atoms with Gasteiger partial charge in [0.1, 0.15) is 5.84 Å². The average Bonchev–Trinajstić information content (AvgIpc) is 2.19. The van der Waals surface area contributed by atoms with Gasteiger partial charge < -0.3 is 10.6 Å². The molecule has 1 aromatic carbocycles. The van der Waals surface area contributed by atoms with E-state index in [2.05, 4.69) is 25.8 Å². The largest absolute Gasteiger partial charge is 0.384 e. The van der Waals surface area contributed by atoms with E-state index in [1.807, 2.05) is 12.1 Å². The van der Waals surface area contributed by atoms with Crippen LogP contribution < -0.4 is 5.73 Å². The summed E-state index contributed by atoms with van der Waals surface area (Å²) in [6.45, 7) is 6.23. The number of nitrogen functional groups attached to an aromatic ring is 1. The lowest BCUT2D eigenvalue weighted by Crippen LogP contribution is -2.23. The maximum atomic E-state index is 7.35. The van der Waals surface area contributed by atoms with Gasteiger partial charge in [-0.2, -0.15) is 0 Å². The van der Waals surface area contributed by atoms with Crippen molar-refractivity contribution in [2.24, 2.45) is 11.7 Å². The lowest BCUT2D eigenvalue weighted by Gasteiger charge is -2.19. The molecule has 3 nitrogen and oxygen atoms in total. The van der Waals surface area contributed by atoms with Crippen LogP contribution in [0.5, 0.6) is 0 Å². The molecule has 0 bridgehead atoms. The first-order valence-corrected chi connectivity index (χ1v) is 6.09. The normalized spacial score (nSPS) is 11.2. The van der Waals surface area contributed by atoms with E-state index in [9.17, 15) is 0 Å². The van der Waals surface area contributed by atoms with E-state index in [1.165, 1.54) is 0 Å². The zero-order valence-electron chi connectivity index (χ0n) is 10.6. The number of hydrogen-bond donors (Lipinski definition) is 2. The van der Waals surface area contributed by atoms with E-state index < -0.39 is 0 Å². The van der Waals surface area contributed by atoms with Gasteiger partial charge in [0.05, 0.1) is 0 Å². The van der Waals surface area contributed by atoms with Crippen LogP contribution in [0.25, 0.3) is 0 Å². The average molecular weight is 254 g/mol. The van der Waals surface area contributed by atoms with Gasteiger partial charge in [-0.3, -0.25) is 5.41 Å². The second-order valence-corrected chi connectivity index (χ2v) is 5.22. The Morgan fingerprint density at radius 1 is 1.47 bits per heavy atom. The molecule has 0 atom stereocenters. The molecule has 17 heavy (non-hydrogen) atoms. The standard InChI is InChI=1S/C13H20ClN3/c1-9(2)7-17(3)8-11-5-4-10(13(15)16)6-12(11)14/h4-6,9H,7-8H2,1-3H3,(H3,15,16). The molecule has 94 valence electrons. The maximum Gasteiger partial charge on any atom is 0.122 e. The molecule has 0 spiro atoms. The van der Waals surface area contributed by atoms with Crippen molar-refractivity contribution < 1.29 is 0 Å². The highest BCUT2D eigenvalue weighted by molar-refractivity contribution is 6.31. The smallest absolute Gasteiger partial charge is 0.122 e. The Labute approximate surface area is 108 Å². The van der Waals surface area contributed by atoms with E-state index in [-0.39, 0.29) is 5.84 Å². The van der Waals surface area contributed by atoms with Crippen molar-refractivity contribution in [2.45, 2.75) is 20.4 Å². The van der Waals surface area contributed by atoms with Gasteiger partial charge in [0.25, 0.3) is 0 Å². The maximum absolute atomic E-state index is 7.35. The number of hydrogen-bond acceptors (Lipinski definition) is 2. The van der Waals surface area contributed by atoms with Crippen LogP contribution in [0.15, 0.2) is 18.2 Å². The third kappa shape index (κ3) is 4.36. The Morgan fingerprint density at radius 3 is 2.59 bits per heavy atom. The van der Waals surface area contributed by atoms with Gasteiger partial charge in [-0.1, -0.05) is 37.6 Å². The molecule has 1 aromatic rings. The first-order chi connectivity index (χ1) is 7.90. The van der Waals surface area contributed by atoms with Crippen LogP contribution in [0.3, 0.4) is 0 Å². The fourth-order valence-corrected chi connectivity index (χ4v) is 2.06. The highest BCUT2D eigenvalue weighted by Crippen LogP contribution is 2.19. The lowest BCUT2D eigenvalue weighted by atomic mass is 10.1. The number of amidine groups is 1. The number of halogens is 1. The van der Waals surface area contributed by atoms with E-state index in [0.29, 0.717) is 16.5 Å². The summed E-state index contributed by atoms with van der Waals surface area (Å²) >= 11 is 6.18. The molecule has 0 heterocycles. The lowest BCUT2D eigenvalue weighted by molar-refractivity contribution is 0.288. The molecule has 0 radical (unpaired) electrons. The minimum Gasteiger partial charge on any atom is -0.384 e. The summed E-state index contributed by atoms with van der Waals surface area (Å²) in [5.74, 6) is 0.684. The number of nitrogens with two attached hydrogens (primary N) is 1. The third-order valence-corrected chi connectivity index (χ3v) is 2.83. The molecular weight excluding hydrogens is 234 g/mol. The van der Waals surface area contributed by atoms with Crippen molar-refractivity contribution in [1.29, 1.82) is 5.41 Å². The molecule has 0 saturated heterocycles. The molecule has 1 rings (SSSR count). The summed E-state index contributed by atoms with van der Waals surface area (Å²) in [7, 11) is 2.08. The number of nitrogens with one attached hydrogen (secondary N) is 1. The zero-order valence-corrected chi connectivity index (χ0v) is 11.4. The van der Waals surface area contributed by atoms with E-state index in [0.717, 1.165) is 18.7 Å². The molecule has 0 aromatic heterocycles. The Bertz CT molecular complexity index is 402.